The van der Waals surface area contributed by atoms with Crippen LogP contribution in [0.1, 0.15) is 24.1 Å². The minimum Gasteiger partial charge on any atom is -0.472 e. The molecule has 0 saturated carbocycles. The molecule has 1 unspecified atom stereocenters. The summed E-state index contributed by atoms with van der Waals surface area (Å²) in [5, 5.41) is 3.25. The van der Waals surface area contributed by atoms with Gasteiger partial charge in [0.25, 0.3) is 0 Å². The number of hydrogen-bond donors (Lipinski definition) is 1. The lowest BCUT2D eigenvalue weighted by molar-refractivity contribution is 0.538. The van der Waals surface area contributed by atoms with Crippen LogP contribution in [0.3, 0.4) is 0 Å². The van der Waals surface area contributed by atoms with Gasteiger partial charge in [0, 0.05) is 15.6 Å². The van der Waals surface area contributed by atoms with Crippen LogP contribution < -0.4 is 5.32 Å². The highest BCUT2D eigenvalue weighted by atomic mass is 79.9. The van der Waals surface area contributed by atoms with Crippen LogP contribution in [0.5, 0.6) is 0 Å². The summed E-state index contributed by atoms with van der Waals surface area (Å²) in [5.41, 5.74) is 1.53. The topological polar surface area (TPSA) is 25.2 Å². The van der Waals surface area contributed by atoms with E-state index in [1.54, 1.807) is 24.7 Å². The fourth-order valence-electron chi connectivity index (χ4n) is 1.79. The van der Waals surface area contributed by atoms with Gasteiger partial charge in [-0.15, -0.1) is 0 Å². The van der Waals surface area contributed by atoms with Crippen molar-refractivity contribution >= 4 is 15.9 Å². The van der Waals surface area contributed by atoms with E-state index in [9.17, 15) is 4.39 Å². The molecular formula is C13H13BrFNO. The second-order valence-electron chi connectivity index (χ2n) is 3.71. The highest BCUT2D eigenvalue weighted by Crippen LogP contribution is 2.27. The molecule has 0 fully saturated rings. The third-order valence-corrected chi connectivity index (χ3v) is 3.05. The second kappa shape index (κ2) is 5.47. The lowest BCUT2D eigenvalue weighted by Crippen LogP contribution is -2.22. The highest BCUT2D eigenvalue weighted by Gasteiger charge is 2.18. The van der Waals surface area contributed by atoms with E-state index in [4.69, 9.17) is 4.42 Å². The van der Waals surface area contributed by atoms with E-state index in [1.807, 2.05) is 13.0 Å². The zero-order valence-electron chi connectivity index (χ0n) is 9.41. The maximum Gasteiger partial charge on any atom is 0.128 e. The molecule has 1 aromatic heterocycles. The maximum absolute atomic E-state index is 13.8. The summed E-state index contributed by atoms with van der Waals surface area (Å²) < 4.78 is 19.8. The first-order chi connectivity index (χ1) is 8.22. The Kier molecular flexibility index (Phi) is 3.97. The molecular weight excluding hydrogens is 285 g/mol. The van der Waals surface area contributed by atoms with Crippen LogP contribution in [0.2, 0.25) is 0 Å². The molecule has 0 bridgehead atoms. The average molecular weight is 298 g/mol. The van der Waals surface area contributed by atoms with Crippen molar-refractivity contribution in [1.29, 1.82) is 0 Å². The van der Waals surface area contributed by atoms with Crippen LogP contribution in [0.15, 0.2) is 45.7 Å². The van der Waals surface area contributed by atoms with Gasteiger partial charge >= 0.3 is 0 Å². The van der Waals surface area contributed by atoms with Gasteiger partial charge in [-0.25, -0.2) is 4.39 Å². The Hall–Kier alpha value is -1.13. The van der Waals surface area contributed by atoms with Crippen LogP contribution in [0, 0.1) is 5.82 Å². The Morgan fingerprint density at radius 2 is 2.24 bits per heavy atom. The van der Waals surface area contributed by atoms with Gasteiger partial charge in [0.1, 0.15) is 5.82 Å². The van der Waals surface area contributed by atoms with Crippen molar-refractivity contribution in [2.45, 2.75) is 13.0 Å². The predicted molar refractivity (Wildman–Crippen MR) is 68.3 cm³/mol. The molecule has 1 atom stereocenters. The standard InChI is InChI=1S/C13H13BrFNO/c1-2-16-13(9-5-6-17-8-9)11-7-10(14)3-4-12(11)15/h3-8,13,16H,2H2,1H3. The van der Waals surface area contributed by atoms with Gasteiger partial charge in [0.05, 0.1) is 18.6 Å². The zero-order chi connectivity index (χ0) is 12.3. The summed E-state index contributed by atoms with van der Waals surface area (Å²) in [6, 6.07) is 6.60. The molecule has 2 aromatic rings. The quantitative estimate of drug-likeness (QED) is 0.926. The lowest BCUT2D eigenvalue weighted by Gasteiger charge is -2.17. The first-order valence-corrected chi connectivity index (χ1v) is 6.22. The molecule has 0 amide bonds. The van der Waals surface area contributed by atoms with Gasteiger partial charge in [-0.3, -0.25) is 0 Å². The van der Waals surface area contributed by atoms with Crippen molar-refractivity contribution in [2.24, 2.45) is 0 Å². The van der Waals surface area contributed by atoms with E-state index in [-0.39, 0.29) is 11.9 Å². The van der Waals surface area contributed by atoms with E-state index in [0.29, 0.717) is 5.56 Å². The van der Waals surface area contributed by atoms with Crippen molar-refractivity contribution < 1.29 is 8.81 Å². The van der Waals surface area contributed by atoms with E-state index in [2.05, 4.69) is 21.2 Å². The predicted octanol–water partition coefficient (Wildman–Crippen LogP) is 3.88. The number of nitrogens with one attached hydrogen (secondary N) is 1. The van der Waals surface area contributed by atoms with Crippen LogP contribution in [0.4, 0.5) is 4.39 Å². The molecule has 2 rings (SSSR count). The number of hydrogen-bond acceptors (Lipinski definition) is 2. The number of furan rings is 1. The van der Waals surface area contributed by atoms with Crippen molar-refractivity contribution in [3.63, 3.8) is 0 Å². The molecule has 0 radical (unpaired) electrons. The van der Waals surface area contributed by atoms with Crippen LogP contribution >= 0.6 is 15.9 Å². The first-order valence-electron chi connectivity index (χ1n) is 5.42. The van der Waals surface area contributed by atoms with Crippen molar-refractivity contribution in [2.75, 3.05) is 6.54 Å². The molecule has 1 heterocycles. The van der Waals surface area contributed by atoms with Crippen molar-refractivity contribution in [3.8, 4) is 0 Å². The zero-order valence-corrected chi connectivity index (χ0v) is 11.0. The molecule has 0 aliphatic heterocycles. The van der Waals surface area contributed by atoms with Gasteiger partial charge in [-0.2, -0.15) is 0 Å². The largest absolute Gasteiger partial charge is 0.472 e. The number of benzene rings is 1. The Balaban J connectivity index is 2.42. The molecule has 1 N–H and O–H groups in total. The molecule has 1 aromatic carbocycles. The summed E-state index contributed by atoms with van der Waals surface area (Å²) in [4.78, 5) is 0. The SMILES string of the molecule is CCNC(c1ccoc1)c1cc(Br)ccc1F. The van der Waals surface area contributed by atoms with Gasteiger partial charge in [-0.1, -0.05) is 22.9 Å². The number of rotatable bonds is 4. The molecule has 0 aliphatic rings. The smallest absolute Gasteiger partial charge is 0.128 e. The fourth-order valence-corrected chi connectivity index (χ4v) is 2.17. The van der Waals surface area contributed by atoms with Gasteiger partial charge in [-0.05, 0) is 30.8 Å². The Morgan fingerprint density at radius 3 is 2.88 bits per heavy atom. The van der Waals surface area contributed by atoms with Gasteiger partial charge in [0.2, 0.25) is 0 Å². The van der Waals surface area contributed by atoms with E-state index < -0.39 is 0 Å². The monoisotopic (exact) mass is 297 g/mol. The fraction of sp³-hybridized carbons (Fsp3) is 0.231. The summed E-state index contributed by atoms with van der Waals surface area (Å²) in [5.74, 6) is -0.222. The van der Waals surface area contributed by atoms with Crippen LogP contribution in [-0.2, 0) is 0 Å². The van der Waals surface area contributed by atoms with Gasteiger partial charge in [0.15, 0.2) is 0 Å². The minimum atomic E-state index is -0.222. The highest BCUT2D eigenvalue weighted by molar-refractivity contribution is 9.10. The van der Waals surface area contributed by atoms with Crippen LogP contribution in [-0.4, -0.2) is 6.54 Å². The summed E-state index contributed by atoms with van der Waals surface area (Å²) in [7, 11) is 0. The second-order valence-corrected chi connectivity index (χ2v) is 4.63. The van der Waals surface area contributed by atoms with E-state index in [1.165, 1.54) is 6.07 Å². The molecule has 0 spiro atoms. The normalized spacial score (nSPS) is 12.6. The Morgan fingerprint density at radius 1 is 1.41 bits per heavy atom. The minimum absolute atomic E-state index is 0.184. The molecule has 17 heavy (non-hydrogen) atoms. The van der Waals surface area contributed by atoms with Gasteiger partial charge < -0.3 is 9.73 Å². The Bertz CT molecular complexity index is 484. The van der Waals surface area contributed by atoms with E-state index in [0.717, 1.165) is 16.6 Å². The van der Waals surface area contributed by atoms with E-state index >= 15 is 0 Å². The lowest BCUT2D eigenvalue weighted by atomic mass is 10.0. The molecule has 90 valence electrons. The molecule has 0 saturated heterocycles. The summed E-state index contributed by atoms with van der Waals surface area (Å²) in [6.07, 6.45) is 3.23. The molecule has 0 aliphatic carbocycles. The Labute approximate surface area is 108 Å². The third-order valence-electron chi connectivity index (χ3n) is 2.55. The third kappa shape index (κ3) is 2.76. The molecule has 4 heteroatoms. The molecule has 2 nitrogen and oxygen atoms in total. The first kappa shape index (κ1) is 12.3. The summed E-state index contributed by atoms with van der Waals surface area (Å²) in [6.45, 7) is 2.74. The maximum atomic E-state index is 13.8. The van der Waals surface area contributed by atoms with Crippen molar-refractivity contribution in [3.05, 3.63) is 58.2 Å². The number of halogens is 2. The van der Waals surface area contributed by atoms with Crippen LogP contribution in [0.25, 0.3) is 0 Å². The summed E-state index contributed by atoms with van der Waals surface area (Å²) >= 11 is 3.36. The average Bonchev–Trinajstić information content (AvgIpc) is 2.83. The van der Waals surface area contributed by atoms with Crippen molar-refractivity contribution in [1.82, 2.24) is 5.32 Å².